The van der Waals surface area contributed by atoms with Crippen molar-refractivity contribution >= 4 is 175 Å². The molecule has 0 saturated carbocycles. The van der Waals surface area contributed by atoms with Gasteiger partial charge in [-0.1, -0.05) is 121 Å². The molecule has 17 aromatic rings. The normalized spacial score (nSPS) is 12.2. The van der Waals surface area contributed by atoms with Crippen LogP contribution in [-0.4, -0.2) is 9.13 Å². The Labute approximate surface area is 474 Å². The van der Waals surface area contributed by atoms with Crippen LogP contribution >= 0.6 is 45.3 Å². The lowest BCUT2D eigenvalue weighted by molar-refractivity contribution is 1.14. The molecule has 6 aromatic heterocycles. The largest absolute Gasteiger partial charge is 0.317 e. The van der Waals surface area contributed by atoms with E-state index in [2.05, 4.69) is 225 Å². The first kappa shape index (κ1) is 45.9. The summed E-state index contributed by atoms with van der Waals surface area (Å²) in [6.45, 7) is 18.6. The van der Waals surface area contributed by atoms with Gasteiger partial charge in [0.05, 0.1) is 55.0 Å². The quantitative estimate of drug-likeness (QED) is 0.162. The molecule has 0 aliphatic rings. The maximum Gasteiger partial charge on any atom is 0.220 e. The fraction of sp³-hybridized carbons (Fsp3) is 0.0556. The molecule has 0 aliphatic carbocycles. The summed E-state index contributed by atoms with van der Waals surface area (Å²) in [5, 5.41) is 26.6. The molecule has 0 amide bonds. The molecule has 0 radical (unpaired) electrons. The first-order valence-corrected chi connectivity index (χ1v) is 30.1. The molecule has 0 spiro atoms. The van der Waals surface area contributed by atoms with Gasteiger partial charge < -0.3 is 9.13 Å². The Bertz CT molecular complexity index is 5520. The number of aryl methyl sites for hydroxylation is 4. The lowest BCUT2D eigenvalue weighted by atomic mass is 9.88. The first-order chi connectivity index (χ1) is 39.2. The van der Waals surface area contributed by atoms with Crippen LogP contribution in [0.3, 0.4) is 0 Å². The van der Waals surface area contributed by atoms with Crippen molar-refractivity contribution in [1.29, 1.82) is 5.26 Å². The minimum atomic E-state index is 0.437. The van der Waals surface area contributed by atoms with Crippen LogP contribution in [0.4, 0.5) is 5.69 Å². The number of nitriles is 1. The number of thiophene rings is 4. The second-order valence-electron chi connectivity index (χ2n) is 21.5. The second kappa shape index (κ2) is 16.7. The van der Waals surface area contributed by atoms with Crippen molar-refractivity contribution in [2.24, 2.45) is 0 Å². The first-order valence-electron chi connectivity index (χ1n) is 26.8. The number of rotatable bonds is 4. The van der Waals surface area contributed by atoms with Gasteiger partial charge in [0, 0.05) is 104 Å². The third kappa shape index (κ3) is 6.17. The fourth-order valence-electron chi connectivity index (χ4n) is 13.2. The predicted octanol–water partition coefficient (Wildman–Crippen LogP) is 22.3. The van der Waals surface area contributed by atoms with Gasteiger partial charge in [0.1, 0.15) is 6.07 Å². The third-order valence-corrected chi connectivity index (χ3v) is 21.9. The smallest absolute Gasteiger partial charge is 0.220 e. The van der Waals surface area contributed by atoms with Gasteiger partial charge in [-0.3, -0.25) is 0 Å². The molecule has 17 rings (SSSR count). The average molecular weight is 1090 g/mol. The van der Waals surface area contributed by atoms with E-state index in [1.807, 2.05) is 22.7 Å². The topological polar surface area (TPSA) is 38.0 Å². The number of nitrogens with zero attached hydrogens (tertiary/aromatic N) is 4. The number of hydrogen-bond acceptors (Lipinski definition) is 5. The monoisotopic (exact) mass is 1090 g/mol. The Morgan fingerprint density at radius 1 is 0.375 bits per heavy atom. The zero-order valence-corrected chi connectivity index (χ0v) is 47.0. The SMILES string of the molecule is [C-]#[N+]c1c(-c2ccc3c(c2)sc2ccccc23)c(C#N)c(-n2c3cc(C)c(C)cc3c3ccc4c5ccccc5sc4c32)c(-c2ccc3c(c2)sc2ccccc23)c1-n1c2cc(C)c(C)cc2c2ccc3c4ccccc4sc3c21. The molecule has 11 aromatic carbocycles. The van der Waals surface area contributed by atoms with E-state index in [-0.39, 0.29) is 0 Å². The van der Waals surface area contributed by atoms with Crippen molar-refractivity contribution in [1.82, 2.24) is 9.13 Å². The van der Waals surface area contributed by atoms with Crippen LogP contribution in [0.25, 0.3) is 163 Å². The maximum atomic E-state index is 12.6. The Balaban J connectivity index is 1.17. The lowest BCUT2D eigenvalue weighted by Gasteiger charge is -2.26. The lowest BCUT2D eigenvalue weighted by Crippen LogP contribution is -2.09. The van der Waals surface area contributed by atoms with Crippen molar-refractivity contribution in [2.45, 2.75) is 27.7 Å². The van der Waals surface area contributed by atoms with E-state index in [1.165, 1.54) is 67.6 Å². The second-order valence-corrected chi connectivity index (χ2v) is 25.7. The minimum Gasteiger partial charge on any atom is -0.317 e. The van der Waals surface area contributed by atoms with Gasteiger partial charge in [-0.2, -0.15) is 5.26 Å². The van der Waals surface area contributed by atoms with Gasteiger partial charge >= 0.3 is 0 Å². The molecule has 0 fully saturated rings. The molecule has 4 nitrogen and oxygen atoms in total. The van der Waals surface area contributed by atoms with E-state index >= 15 is 0 Å². The summed E-state index contributed by atoms with van der Waals surface area (Å²) in [5.74, 6) is 0. The van der Waals surface area contributed by atoms with Crippen molar-refractivity contribution in [3.8, 4) is 39.7 Å². The summed E-state index contributed by atoms with van der Waals surface area (Å²) in [6, 6.07) is 69.7. The summed E-state index contributed by atoms with van der Waals surface area (Å²) in [4.78, 5) is 4.83. The highest BCUT2D eigenvalue weighted by Gasteiger charge is 2.34. The van der Waals surface area contributed by atoms with Gasteiger partial charge in [-0.25, -0.2) is 4.85 Å². The molecule has 8 heteroatoms. The van der Waals surface area contributed by atoms with Crippen LogP contribution in [0.2, 0.25) is 0 Å². The van der Waals surface area contributed by atoms with E-state index in [0.717, 1.165) is 107 Å². The Morgan fingerprint density at radius 2 is 0.750 bits per heavy atom. The van der Waals surface area contributed by atoms with Crippen LogP contribution in [0, 0.1) is 45.6 Å². The van der Waals surface area contributed by atoms with Crippen molar-refractivity contribution in [3.05, 3.63) is 221 Å². The van der Waals surface area contributed by atoms with E-state index in [1.54, 1.807) is 22.7 Å². The third-order valence-electron chi connectivity index (χ3n) is 17.2. The average Bonchev–Trinajstić information content (AvgIpc) is 4.16. The number of hydrogen-bond donors (Lipinski definition) is 0. The van der Waals surface area contributed by atoms with Gasteiger partial charge in [0.2, 0.25) is 5.69 Å². The zero-order valence-electron chi connectivity index (χ0n) is 43.7. The molecular formula is C72H42N4S4. The Hall–Kier alpha value is -9.12. The predicted molar refractivity (Wildman–Crippen MR) is 347 cm³/mol. The van der Waals surface area contributed by atoms with Crippen LogP contribution < -0.4 is 0 Å². The van der Waals surface area contributed by atoms with E-state index in [4.69, 9.17) is 4.85 Å². The standard InChI is InChI=1S/C72H42N4S4/c1-37-30-53-49-26-28-51-45-16-8-12-20-60(45)79-71(51)68(49)75(56(53)32-39(37)3)67-55(36-73)64(41-22-24-47-43-14-6-10-18-58(43)77-62(47)34-41)66(74-5)70(65(67)42-23-25-48-44-15-7-11-19-59(44)78-63(48)35-42)76-57-33-40(4)38(2)31-54(57)50-27-29-52-46-17-9-13-21-61(46)80-72(52)69(50)76/h6-35H,1-4H3. The molecule has 0 N–H and O–H groups in total. The van der Waals surface area contributed by atoms with Gasteiger partial charge in [-0.05, 0) is 122 Å². The Kier molecular flexibility index (Phi) is 9.58. The Morgan fingerprint density at radius 3 is 1.21 bits per heavy atom. The van der Waals surface area contributed by atoms with Crippen LogP contribution in [-0.2, 0) is 0 Å². The highest BCUT2D eigenvalue weighted by Crippen LogP contribution is 2.56. The van der Waals surface area contributed by atoms with Crippen molar-refractivity contribution in [2.75, 3.05) is 0 Å². The summed E-state index contributed by atoms with van der Waals surface area (Å²) in [7, 11) is 0. The van der Waals surface area contributed by atoms with Gasteiger partial charge in [0.25, 0.3) is 0 Å². The fourth-order valence-corrected chi connectivity index (χ4v) is 18.0. The van der Waals surface area contributed by atoms with E-state index < -0.39 is 0 Å². The van der Waals surface area contributed by atoms with Crippen molar-refractivity contribution < 1.29 is 0 Å². The summed E-state index contributed by atoms with van der Waals surface area (Å²) in [5.41, 5.74) is 14.5. The molecule has 0 bridgehead atoms. The number of benzene rings is 11. The zero-order chi connectivity index (χ0) is 53.4. The highest BCUT2D eigenvalue weighted by molar-refractivity contribution is 7.27. The van der Waals surface area contributed by atoms with Crippen LogP contribution in [0.1, 0.15) is 27.8 Å². The molecule has 0 aliphatic heterocycles. The maximum absolute atomic E-state index is 12.6. The number of aromatic nitrogens is 2. The van der Waals surface area contributed by atoms with Gasteiger partial charge in [0.15, 0.2) is 0 Å². The van der Waals surface area contributed by atoms with Crippen molar-refractivity contribution in [3.63, 3.8) is 0 Å². The molecule has 0 atom stereocenters. The van der Waals surface area contributed by atoms with Crippen LogP contribution in [0.5, 0.6) is 0 Å². The summed E-state index contributed by atoms with van der Waals surface area (Å²) in [6.07, 6.45) is 0. The summed E-state index contributed by atoms with van der Waals surface area (Å²) >= 11 is 7.18. The molecule has 80 heavy (non-hydrogen) atoms. The van der Waals surface area contributed by atoms with Crippen LogP contribution in [0.15, 0.2) is 182 Å². The van der Waals surface area contributed by atoms with E-state index in [9.17, 15) is 11.8 Å². The molecule has 374 valence electrons. The minimum absolute atomic E-state index is 0.437. The molecule has 0 saturated heterocycles. The van der Waals surface area contributed by atoms with Gasteiger partial charge in [-0.15, -0.1) is 45.3 Å². The molecule has 0 unspecified atom stereocenters. The molecule has 6 heterocycles. The number of fused-ring (bicyclic) bond motifs is 20. The highest BCUT2D eigenvalue weighted by atomic mass is 32.1. The molecular weight excluding hydrogens is 1050 g/mol. The summed E-state index contributed by atoms with van der Waals surface area (Å²) < 4.78 is 14.3. The van der Waals surface area contributed by atoms with E-state index in [0.29, 0.717) is 16.8 Å².